The van der Waals surface area contributed by atoms with Gasteiger partial charge in [-0.3, -0.25) is 0 Å². The van der Waals surface area contributed by atoms with E-state index in [1.54, 1.807) is 0 Å². The van der Waals surface area contributed by atoms with Crippen LogP contribution >= 0.6 is 12.2 Å². The Bertz CT molecular complexity index is 364. The van der Waals surface area contributed by atoms with E-state index in [2.05, 4.69) is 11.8 Å². The van der Waals surface area contributed by atoms with Gasteiger partial charge in [-0.15, -0.1) is 0 Å². The first-order valence-electron chi connectivity index (χ1n) is 5.81. The van der Waals surface area contributed by atoms with Crippen LogP contribution in [0.25, 0.3) is 0 Å². The maximum absolute atomic E-state index is 10.0. The zero-order valence-corrected chi connectivity index (χ0v) is 11.2. The first-order valence-corrected chi connectivity index (χ1v) is 6.21. The van der Waals surface area contributed by atoms with Gasteiger partial charge in [0, 0.05) is 12.1 Å². The molecule has 0 aliphatic rings. The highest BCUT2D eigenvalue weighted by molar-refractivity contribution is 7.80. The molecule has 0 bridgehead atoms. The lowest BCUT2D eigenvalue weighted by Crippen LogP contribution is -2.25. The fraction of sp³-hybridized carbons (Fsp3) is 0.462. The van der Waals surface area contributed by atoms with Gasteiger partial charge in [-0.1, -0.05) is 43.4 Å². The third-order valence-corrected chi connectivity index (χ3v) is 2.91. The van der Waals surface area contributed by atoms with Crippen molar-refractivity contribution in [2.24, 2.45) is 5.73 Å². The lowest BCUT2D eigenvalue weighted by molar-refractivity contribution is 0.127. The molecule has 3 nitrogen and oxygen atoms in total. The summed E-state index contributed by atoms with van der Waals surface area (Å²) in [6.45, 7) is 3.75. The zero-order valence-electron chi connectivity index (χ0n) is 10.4. The van der Waals surface area contributed by atoms with E-state index in [-0.39, 0.29) is 0 Å². The predicted molar refractivity (Wildman–Crippen MR) is 75.1 cm³/mol. The fourth-order valence-electron chi connectivity index (χ4n) is 1.74. The molecule has 0 saturated heterocycles. The van der Waals surface area contributed by atoms with E-state index in [9.17, 15) is 5.11 Å². The normalized spacial score (nSPS) is 12.7. The number of benzene rings is 1. The maximum Gasteiger partial charge on any atom is 0.103 e. The standard InChI is InChI=1S/C13H20N2OS/c1-3-8-15(2)9-12(16)10-4-6-11(7-5-10)13(14)17/h4-7,12,16H,3,8-9H2,1-2H3,(H2,14,17). The number of likely N-dealkylation sites (N-methyl/N-ethyl adjacent to an activating group) is 1. The number of hydrogen-bond donors (Lipinski definition) is 2. The van der Waals surface area contributed by atoms with Crippen LogP contribution in [0.1, 0.15) is 30.6 Å². The zero-order chi connectivity index (χ0) is 12.8. The smallest absolute Gasteiger partial charge is 0.103 e. The van der Waals surface area contributed by atoms with Gasteiger partial charge >= 0.3 is 0 Å². The topological polar surface area (TPSA) is 49.5 Å². The molecule has 0 saturated carbocycles. The Labute approximate surface area is 108 Å². The van der Waals surface area contributed by atoms with E-state index in [1.165, 1.54) is 0 Å². The molecule has 0 heterocycles. The van der Waals surface area contributed by atoms with Crippen LogP contribution in [0.3, 0.4) is 0 Å². The number of aliphatic hydroxyl groups excluding tert-OH is 1. The van der Waals surface area contributed by atoms with Gasteiger partial charge in [0.2, 0.25) is 0 Å². The first-order chi connectivity index (χ1) is 8.04. The van der Waals surface area contributed by atoms with Crippen molar-refractivity contribution in [3.05, 3.63) is 35.4 Å². The molecule has 1 rings (SSSR count). The highest BCUT2D eigenvalue weighted by Crippen LogP contribution is 2.15. The maximum atomic E-state index is 10.0. The summed E-state index contributed by atoms with van der Waals surface area (Å²) in [7, 11) is 2.01. The van der Waals surface area contributed by atoms with Gasteiger partial charge in [-0.05, 0) is 25.6 Å². The molecule has 0 aliphatic carbocycles. The SMILES string of the molecule is CCCN(C)CC(O)c1ccc(C(N)=S)cc1. The van der Waals surface area contributed by atoms with Crippen molar-refractivity contribution in [1.29, 1.82) is 0 Å². The monoisotopic (exact) mass is 252 g/mol. The van der Waals surface area contributed by atoms with Crippen LogP contribution in [0.15, 0.2) is 24.3 Å². The minimum Gasteiger partial charge on any atom is -0.389 e. The van der Waals surface area contributed by atoms with E-state index >= 15 is 0 Å². The molecule has 1 unspecified atom stereocenters. The Morgan fingerprint density at radius 3 is 2.47 bits per heavy atom. The molecular weight excluding hydrogens is 232 g/mol. The Morgan fingerprint density at radius 2 is 2.00 bits per heavy atom. The molecule has 0 spiro atoms. The van der Waals surface area contributed by atoms with Gasteiger partial charge in [0.1, 0.15) is 4.99 Å². The van der Waals surface area contributed by atoms with Crippen LogP contribution in [0, 0.1) is 0 Å². The van der Waals surface area contributed by atoms with Gasteiger partial charge < -0.3 is 15.7 Å². The van der Waals surface area contributed by atoms with E-state index in [0.717, 1.165) is 24.1 Å². The van der Waals surface area contributed by atoms with E-state index < -0.39 is 6.10 Å². The molecule has 17 heavy (non-hydrogen) atoms. The fourth-order valence-corrected chi connectivity index (χ4v) is 1.88. The molecule has 0 aliphatic heterocycles. The highest BCUT2D eigenvalue weighted by atomic mass is 32.1. The summed E-state index contributed by atoms with van der Waals surface area (Å²) in [6, 6.07) is 7.44. The second-order valence-corrected chi connectivity index (χ2v) is 4.70. The molecule has 0 aromatic heterocycles. The van der Waals surface area contributed by atoms with E-state index in [0.29, 0.717) is 11.5 Å². The molecule has 4 heteroatoms. The summed E-state index contributed by atoms with van der Waals surface area (Å²) in [5.74, 6) is 0. The molecule has 1 aromatic carbocycles. The summed E-state index contributed by atoms with van der Waals surface area (Å²) < 4.78 is 0. The van der Waals surface area contributed by atoms with Crippen molar-refractivity contribution in [2.75, 3.05) is 20.1 Å². The van der Waals surface area contributed by atoms with Gasteiger partial charge in [0.25, 0.3) is 0 Å². The van der Waals surface area contributed by atoms with Crippen molar-refractivity contribution in [3.63, 3.8) is 0 Å². The molecule has 0 fully saturated rings. The van der Waals surface area contributed by atoms with Crippen molar-refractivity contribution in [1.82, 2.24) is 4.90 Å². The Kier molecular flexibility index (Phi) is 5.55. The Balaban J connectivity index is 2.63. The van der Waals surface area contributed by atoms with Crippen molar-refractivity contribution in [3.8, 4) is 0 Å². The lowest BCUT2D eigenvalue weighted by Gasteiger charge is -2.20. The van der Waals surface area contributed by atoms with Crippen molar-refractivity contribution >= 4 is 17.2 Å². The minimum atomic E-state index is -0.466. The largest absolute Gasteiger partial charge is 0.389 e. The third-order valence-electron chi connectivity index (χ3n) is 2.67. The van der Waals surface area contributed by atoms with Crippen molar-refractivity contribution in [2.45, 2.75) is 19.4 Å². The second-order valence-electron chi connectivity index (χ2n) is 4.26. The number of nitrogens with zero attached hydrogens (tertiary/aromatic N) is 1. The number of aliphatic hydroxyl groups is 1. The quantitative estimate of drug-likeness (QED) is 0.757. The Hall–Kier alpha value is -0.970. The molecule has 1 aromatic rings. The van der Waals surface area contributed by atoms with E-state index in [4.69, 9.17) is 18.0 Å². The Morgan fingerprint density at radius 1 is 1.41 bits per heavy atom. The predicted octanol–water partition coefficient (Wildman–Crippen LogP) is 1.70. The number of nitrogens with two attached hydrogens (primary N) is 1. The summed E-state index contributed by atoms with van der Waals surface area (Å²) in [5.41, 5.74) is 7.25. The van der Waals surface area contributed by atoms with Gasteiger partial charge in [0.05, 0.1) is 6.10 Å². The summed E-state index contributed by atoms with van der Waals surface area (Å²) in [5, 5.41) is 10.0. The van der Waals surface area contributed by atoms with Crippen LogP contribution in [-0.4, -0.2) is 35.1 Å². The van der Waals surface area contributed by atoms with Crippen LogP contribution in [0.5, 0.6) is 0 Å². The highest BCUT2D eigenvalue weighted by Gasteiger charge is 2.10. The van der Waals surface area contributed by atoms with Crippen LogP contribution in [0.2, 0.25) is 0 Å². The molecule has 0 amide bonds. The van der Waals surface area contributed by atoms with E-state index in [1.807, 2.05) is 31.3 Å². The average Bonchev–Trinajstić information content (AvgIpc) is 2.29. The number of rotatable bonds is 6. The van der Waals surface area contributed by atoms with Gasteiger partial charge in [-0.2, -0.15) is 0 Å². The first kappa shape index (κ1) is 14.1. The van der Waals surface area contributed by atoms with Crippen molar-refractivity contribution < 1.29 is 5.11 Å². The van der Waals surface area contributed by atoms with Crippen LogP contribution < -0.4 is 5.73 Å². The molecule has 3 N–H and O–H groups in total. The minimum absolute atomic E-state index is 0.383. The number of hydrogen-bond acceptors (Lipinski definition) is 3. The summed E-state index contributed by atoms with van der Waals surface area (Å²) in [4.78, 5) is 2.50. The van der Waals surface area contributed by atoms with Gasteiger partial charge in [-0.25, -0.2) is 0 Å². The molecule has 0 radical (unpaired) electrons. The molecule has 1 atom stereocenters. The van der Waals surface area contributed by atoms with Gasteiger partial charge in [0.15, 0.2) is 0 Å². The van der Waals surface area contributed by atoms with Crippen LogP contribution in [0.4, 0.5) is 0 Å². The summed E-state index contributed by atoms with van der Waals surface area (Å²) in [6.07, 6.45) is 0.621. The molecule has 94 valence electrons. The third kappa shape index (κ3) is 4.42. The average molecular weight is 252 g/mol. The second kappa shape index (κ2) is 6.69. The van der Waals surface area contributed by atoms with Crippen LogP contribution in [-0.2, 0) is 0 Å². The number of thiocarbonyl (C=S) groups is 1. The molecular formula is C13H20N2OS. The summed E-state index contributed by atoms with van der Waals surface area (Å²) >= 11 is 4.88. The lowest BCUT2D eigenvalue weighted by atomic mass is 10.1.